The second kappa shape index (κ2) is 7.24. The van der Waals surface area contributed by atoms with Crippen LogP contribution in [0.15, 0.2) is 12.1 Å². The molecule has 5 nitrogen and oxygen atoms in total. The number of aliphatic carboxylic acids is 1. The average molecular weight is 416 g/mol. The van der Waals surface area contributed by atoms with Gasteiger partial charge in [0.2, 0.25) is 0 Å². The molecule has 1 heterocycles. The first-order chi connectivity index (χ1) is 14.3. The molecular weight excluding hydrogens is 385 g/mol. The summed E-state index contributed by atoms with van der Waals surface area (Å²) >= 11 is 0. The maximum Gasteiger partial charge on any atom is 0.326 e. The highest BCUT2D eigenvalue weighted by atomic mass is 19.1. The van der Waals surface area contributed by atoms with Crippen molar-refractivity contribution in [2.75, 3.05) is 13.2 Å². The number of carboxylic acid groups (broad SMARTS) is 1. The van der Waals surface area contributed by atoms with E-state index >= 15 is 0 Å². The summed E-state index contributed by atoms with van der Waals surface area (Å²) < 4.78 is 21.0. The Morgan fingerprint density at radius 1 is 1.17 bits per heavy atom. The zero-order valence-corrected chi connectivity index (χ0v) is 17.5. The molecule has 0 radical (unpaired) electrons. The third kappa shape index (κ3) is 3.38. The lowest BCUT2D eigenvalue weighted by atomic mass is 9.50. The molecule has 1 amide bonds. The topological polar surface area (TPSA) is 66.8 Å². The molecule has 1 unspecified atom stereocenters. The number of carboxylic acids is 1. The van der Waals surface area contributed by atoms with Crippen LogP contribution < -0.4 is 4.74 Å². The predicted octanol–water partition coefficient (Wildman–Crippen LogP) is 4.42. The number of amides is 1. The van der Waals surface area contributed by atoms with Crippen molar-refractivity contribution in [2.45, 2.75) is 64.3 Å². The van der Waals surface area contributed by atoms with E-state index in [4.69, 9.17) is 4.74 Å². The Balaban J connectivity index is 1.31. The van der Waals surface area contributed by atoms with Gasteiger partial charge in [-0.05, 0) is 87.7 Å². The van der Waals surface area contributed by atoms with Gasteiger partial charge in [0.1, 0.15) is 17.6 Å². The van der Waals surface area contributed by atoms with Crippen molar-refractivity contribution in [3.8, 4) is 5.75 Å². The molecule has 30 heavy (non-hydrogen) atoms. The molecular formula is C24H30FNO4. The van der Waals surface area contributed by atoms with Crippen LogP contribution in [0.3, 0.4) is 0 Å². The fraction of sp³-hybridized carbons (Fsp3) is 0.667. The Hall–Kier alpha value is -2.11. The lowest BCUT2D eigenvalue weighted by molar-refractivity contribution is -0.141. The van der Waals surface area contributed by atoms with Gasteiger partial charge in [0.05, 0.1) is 12.2 Å². The van der Waals surface area contributed by atoms with Crippen molar-refractivity contribution in [3.05, 3.63) is 29.1 Å². The van der Waals surface area contributed by atoms with E-state index in [0.29, 0.717) is 31.7 Å². The van der Waals surface area contributed by atoms with Crippen molar-refractivity contribution >= 4 is 11.9 Å². The summed E-state index contributed by atoms with van der Waals surface area (Å²) in [6.07, 6.45) is 8.82. The largest absolute Gasteiger partial charge is 0.493 e. The van der Waals surface area contributed by atoms with Crippen molar-refractivity contribution in [1.82, 2.24) is 4.90 Å². The van der Waals surface area contributed by atoms with Gasteiger partial charge in [-0.25, -0.2) is 9.18 Å². The summed E-state index contributed by atoms with van der Waals surface area (Å²) in [5, 5.41) is 9.33. The maximum absolute atomic E-state index is 14.9. The van der Waals surface area contributed by atoms with Crippen LogP contribution in [0.1, 0.15) is 67.3 Å². The van der Waals surface area contributed by atoms with Crippen LogP contribution in [-0.4, -0.2) is 41.1 Å². The van der Waals surface area contributed by atoms with Crippen LogP contribution in [0, 0.1) is 35.9 Å². The maximum atomic E-state index is 14.9. The number of hydrogen-bond donors (Lipinski definition) is 1. The molecule has 1 N–H and O–H groups in total. The molecule has 1 aliphatic heterocycles. The van der Waals surface area contributed by atoms with E-state index in [1.165, 1.54) is 55.6 Å². The molecule has 6 heteroatoms. The van der Waals surface area contributed by atoms with E-state index in [2.05, 4.69) is 0 Å². The lowest BCUT2D eigenvalue weighted by Crippen LogP contribution is -2.48. The highest BCUT2D eigenvalue weighted by molar-refractivity contribution is 5.97. The van der Waals surface area contributed by atoms with E-state index in [9.17, 15) is 19.1 Å². The molecule has 6 rings (SSSR count). The Labute approximate surface area is 176 Å². The van der Waals surface area contributed by atoms with Gasteiger partial charge in [-0.2, -0.15) is 0 Å². The number of carbonyl (C=O) groups is 2. The summed E-state index contributed by atoms with van der Waals surface area (Å²) in [6.45, 7) is 2.79. The molecule has 0 aromatic heterocycles. The van der Waals surface area contributed by atoms with E-state index in [1.807, 2.05) is 6.92 Å². The smallest absolute Gasteiger partial charge is 0.326 e. The van der Waals surface area contributed by atoms with Crippen LogP contribution in [0.25, 0.3) is 0 Å². The molecule has 1 aromatic carbocycles. The molecule has 5 aliphatic rings. The molecule has 4 bridgehead atoms. The van der Waals surface area contributed by atoms with E-state index in [1.54, 1.807) is 0 Å². The summed E-state index contributed by atoms with van der Waals surface area (Å²) in [6, 6.07) is 1.96. The zero-order valence-electron chi connectivity index (χ0n) is 17.5. The van der Waals surface area contributed by atoms with Crippen molar-refractivity contribution < 1.29 is 23.8 Å². The fourth-order valence-electron chi connectivity index (χ4n) is 7.10. The predicted molar refractivity (Wildman–Crippen MR) is 109 cm³/mol. The molecule has 5 fully saturated rings. The Morgan fingerprint density at radius 3 is 2.40 bits per heavy atom. The van der Waals surface area contributed by atoms with Gasteiger partial charge in [-0.3, -0.25) is 4.79 Å². The highest BCUT2D eigenvalue weighted by Crippen LogP contribution is 2.60. The van der Waals surface area contributed by atoms with Gasteiger partial charge < -0.3 is 14.7 Å². The van der Waals surface area contributed by atoms with Crippen LogP contribution in [0.5, 0.6) is 5.75 Å². The number of benzene rings is 1. The minimum Gasteiger partial charge on any atom is -0.493 e. The molecule has 4 saturated carbocycles. The fourth-order valence-corrected chi connectivity index (χ4v) is 7.10. The Bertz CT molecular complexity index is 847. The molecule has 1 saturated heterocycles. The minimum absolute atomic E-state index is 0.0668. The zero-order chi connectivity index (χ0) is 21.0. The van der Waals surface area contributed by atoms with Crippen molar-refractivity contribution in [2.24, 2.45) is 23.2 Å². The third-order valence-corrected chi connectivity index (χ3v) is 7.99. The van der Waals surface area contributed by atoms with Gasteiger partial charge in [0.15, 0.2) is 0 Å². The SMILES string of the molecule is Cc1cc(C(=O)N2CCCC2C(=O)O)c(F)cc1OCC12CC3CC(CC(C3)C1)C2. The summed E-state index contributed by atoms with van der Waals surface area (Å²) in [7, 11) is 0. The number of halogens is 1. The number of nitrogens with zero attached hydrogens (tertiary/aromatic N) is 1. The number of hydrogen-bond acceptors (Lipinski definition) is 3. The molecule has 4 aliphatic carbocycles. The molecule has 162 valence electrons. The average Bonchev–Trinajstić information content (AvgIpc) is 3.17. The number of ether oxygens (including phenoxy) is 1. The summed E-state index contributed by atoms with van der Waals surface area (Å²) in [5.74, 6) is 0.778. The van der Waals surface area contributed by atoms with Crippen LogP contribution in [0.4, 0.5) is 4.39 Å². The molecule has 1 aromatic rings. The second-order valence-corrected chi connectivity index (χ2v) is 10.3. The number of likely N-dealkylation sites (tertiary alicyclic amines) is 1. The van der Waals surface area contributed by atoms with Crippen LogP contribution >= 0.6 is 0 Å². The highest BCUT2D eigenvalue weighted by Gasteiger charge is 2.51. The minimum atomic E-state index is -1.03. The monoisotopic (exact) mass is 415 g/mol. The van der Waals surface area contributed by atoms with E-state index < -0.39 is 23.7 Å². The second-order valence-electron chi connectivity index (χ2n) is 10.3. The standard InChI is InChI=1S/C24H30FNO4/c1-14-5-18(22(27)26-4-2-3-20(26)23(28)29)19(25)9-21(14)30-13-24-10-15-6-16(11-24)8-17(7-15)12-24/h5,9,15-17,20H,2-4,6-8,10-13H2,1H3,(H,28,29). The first-order valence-electron chi connectivity index (χ1n) is 11.3. The summed E-state index contributed by atoms with van der Waals surface area (Å²) in [5.41, 5.74) is 0.884. The van der Waals surface area contributed by atoms with Gasteiger partial charge in [0, 0.05) is 18.0 Å². The number of aryl methyl sites for hydroxylation is 1. The van der Waals surface area contributed by atoms with Crippen LogP contribution in [0.2, 0.25) is 0 Å². The first-order valence-corrected chi connectivity index (χ1v) is 11.3. The summed E-state index contributed by atoms with van der Waals surface area (Å²) in [4.78, 5) is 25.5. The van der Waals surface area contributed by atoms with Gasteiger partial charge in [0.25, 0.3) is 5.91 Å². The molecule has 1 atom stereocenters. The number of rotatable bonds is 5. The first kappa shape index (κ1) is 19.8. The molecule has 0 spiro atoms. The Morgan fingerprint density at radius 2 is 1.80 bits per heavy atom. The van der Waals surface area contributed by atoms with Gasteiger partial charge >= 0.3 is 5.97 Å². The van der Waals surface area contributed by atoms with Gasteiger partial charge in [-0.15, -0.1) is 0 Å². The van der Waals surface area contributed by atoms with Crippen molar-refractivity contribution in [3.63, 3.8) is 0 Å². The van der Waals surface area contributed by atoms with Crippen molar-refractivity contribution in [1.29, 1.82) is 0 Å². The van der Waals surface area contributed by atoms with Crippen LogP contribution in [-0.2, 0) is 4.79 Å². The normalized spacial score (nSPS) is 34.4. The third-order valence-electron chi connectivity index (χ3n) is 7.99. The Kier molecular flexibility index (Phi) is 4.79. The van der Waals surface area contributed by atoms with Gasteiger partial charge in [-0.1, -0.05) is 0 Å². The van der Waals surface area contributed by atoms with E-state index in [-0.39, 0.29) is 11.0 Å². The lowest BCUT2D eigenvalue weighted by Gasteiger charge is -2.56. The van der Waals surface area contributed by atoms with E-state index in [0.717, 1.165) is 23.3 Å². The number of carbonyl (C=O) groups excluding carboxylic acids is 1. The quantitative estimate of drug-likeness (QED) is 0.773.